The smallest absolute Gasteiger partial charge is 0.326 e. The number of fused-ring (bicyclic) bond motifs is 1. The number of carboxylic acid groups (broad SMARTS) is 1. The van der Waals surface area contributed by atoms with Crippen LogP contribution in [0.1, 0.15) is 38.7 Å². The van der Waals surface area contributed by atoms with E-state index < -0.39 is 42.0 Å². The van der Waals surface area contributed by atoms with Gasteiger partial charge in [0, 0.05) is 30.1 Å². The molecule has 1 aromatic heterocycles. The van der Waals surface area contributed by atoms with Crippen molar-refractivity contribution in [2.45, 2.75) is 63.7 Å². The summed E-state index contributed by atoms with van der Waals surface area (Å²) in [5.74, 6) is -2.00. The molecule has 3 amide bonds. The van der Waals surface area contributed by atoms with Gasteiger partial charge in [0.05, 0.1) is 6.04 Å². The Balaban J connectivity index is 1.68. The lowest BCUT2D eigenvalue weighted by atomic mass is 10.0. The van der Waals surface area contributed by atoms with Gasteiger partial charge in [0.15, 0.2) is 0 Å². The van der Waals surface area contributed by atoms with Crippen LogP contribution in [0.4, 0.5) is 0 Å². The fourth-order valence-corrected chi connectivity index (χ4v) is 5.14. The molecule has 0 saturated carbocycles. The second-order valence-corrected chi connectivity index (χ2v) is 10.8. The van der Waals surface area contributed by atoms with Crippen LogP contribution in [-0.2, 0) is 25.6 Å². The fraction of sp³-hybridized carbons (Fsp3) is 0.538. The highest BCUT2D eigenvalue weighted by Crippen LogP contribution is 2.21. The van der Waals surface area contributed by atoms with Crippen molar-refractivity contribution in [3.8, 4) is 0 Å². The summed E-state index contributed by atoms with van der Waals surface area (Å²) in [6.07, 6.45) is 5.44. The van der Waals surface area contributed by atoms with Crippen molar-refractivity contribution in [1.82, 2.24) is 20.5 Å². The number of likely N-dealkylation sites (tertiary alicyclic amines) is 1. The molecule has 6 N–H and O–H groups in total. The molecule has 11 heteroatoms. The Morgan fingerprint density at radius 1 is 1.22 bits per heavy atom. The van der Waals surface area contributed by atoms with Gasteiger partial charge in [-0.05, 0) is 48.8 Å². The van der Waals surface area contributed by atoms with Crippen LogP contribution in [0.25, 0.3) is 10.9 Å². The Labute approximate surface area is 221 Å². The van der Waals surface area contributed by atoms with Crippen LogP contribution in [0.3, 0.4) is 0 Å². The predicted molar refractivity (Wildman–Crippen MR) is 144 cm³/mol. The number of nitrogens with zero attached hydrogens (tertiary/aromatic N) is 1. The number of aliphatic carboxylic acids is 1. The summed E-state index contributed by atoms with van der Waals surface area (Å²) in [6.45, 7) is 3.99. The molecule has 0 spiro atoms. The van der Waals surface area contributed by atoms with Crippen LogP contribution in [0.5, 0.6) is 0 Å². The molecule has 10 nitrogen and oxygen atoms in total. The van der Waals surface area contributed by atoms with Gasteiger partial charge in [-0.1, -0.05) is 32.0 Å². The van der Waals surface area contributed by atoms with Gasteiger partial charge in [-0.15, -0.1) is 0 Å². The summed E-state index contributed by atoms with van der Waals surface area (Å²) < 4.78 is 0. The standard InChI is InChI=1S/C26H37N5O5S/c1-15(2)22(30-23(32)21-9-6-11-31(21)25(34)18(27)10-12-37-3)24(33)29-20(26(35)36)13-16-14-28-19-8-5-4-7-17(16)19/h4-5,7-8,14-15,18,20-22,28H,6,9-13,27H2,1-3H3,(H,29,33)(H,30,32)(H,35,36). The number of rotatable bonds is 12. The molecule has 2 heterocycles. The Kier molecular flexibility index (Phi) is 9.99. The molecular weight excluding hydrogens is 494 g/mol. The molecule has 2 aromatic rings. The molecule has 202 valence electrons. The Morgan fingerprint density at radius 2 is 1.95 bits per heavy atom. The lowest BCUT2D eigenvalue weighted by Crippen LogP contribution is -2.58. The predicted octanol–water partition coefficient (Wildman–Crippen LogP) is 1.49. The molecule has 0 radical (unpaired) electrons. The average molecular weight is 532 g/mol. The summed E-state index contributed by atoms with van der Waals surface area (Å²) in [6, 6.07) is 4.01. The number of hydrogen-bond acceptors (Lipinski definition) is 6. The number of aromatic nitrogens is 1. The second kappa shape index (κ2) is 13.0. The van der Waals surface area contributed by atoms with E-state index in [1.807, 2.05) is 30.5 Å². The highest BCUT2D eigenvalue weighted by Gasteiger charge is 2.38. The monoisotopic (exact) mass is 531 g/mol. The van der Waals surface area contributed by atoms with Crippen LogP contribution >= 0.6 is 11.8 Å². The van der Waals surface area contributed by atoms with Gasteiger partial charge in [-0.3, -0.25) is 14.4 Å². The number of nitrogens with one attached hydrogen (secondary N) is 3. The SMILES string of the molecule is CSCCC(N)C(=O)N1CCCC1C(=O)NC(C(=O)NC(Cc1c[nH]c2ccccc12)C(=O)O)C(C)C. The van der Waals surface area contributed by atoms with E-state index in [1.165, 1.54) is 4.90 Å². The quantitative estimate of drug-likeness (QED) is 0.278. The number of para-hydroxylation sites is 1. The lowest BCUT2D eigenvalue weighted by Gasteiger charge is -2.29. The number of carbonyl (C=O) groups is 4. The number of carbonyl (C=O) groups excluding carboxylic acids is 3. The normalized spacial score (nSPS) is 18.0. The summed E-state index contributed by atoms with van der Waals surface area (Å²) in [5.41, 5.74) is 7.71. The minimum absolute atomic E-state index is 0.0860. The van der Waals surface area contributed by atoms with Gasteiger partial charge in [-0.25, -0.2) is 4.79 Å². The zero-order chi connectivity index (χ0) is 27.1. The first-order valence-corrected chi connectivity index (χ1v) is 14.0. The lowest BCUT2D eigenvalue weighted by molar-refractivity contribution is -0.143. The zero-order valence-electron chi connectivity index (χ0n) is 21.5. The first kappa shape index (κ1) is 28.5. The molecule has 0 aliphatic carbocycles. The average Bonchev–Trinajstić information content (AvgIpc) is 3.52. The van der Waals surface area contributed by atoms with Gasteiger partial charge in [-0.2, -0.15) is 11.8 Å². The van der Waals surface area contributed by atoms with E-state index in [1.54, 1.807) is 31.8 Å². The summed E-state index contributed by atoms with van der Waals surface area (Å²) >= 11 is 1.60. The Morgan fingerprint density at radius 3 is 2.62 bits per heavy atom. The third kappa shape index (κ3) is 7.04. The molecule has 1 aromatic carbocycles. The van der Waals surface area contributed by atoms with Crippen LogP contribution in [0.2, 0.25) is 0 Å². The van der Waals surface area contributed by atoms with Crippen molar-refractivity contribution in [3.05, 3.63) is 36.0 Å². The largest absolute Gasteiger partial charge is 0.480 e. The van der Waals surface area contributed by atoms with Crippen LogP contribution < -0.4 is 16.4 Å². The van der Waals surface area contributed by atoms with Gasteiger partial charge < -0.3 is 31.4 Å². The number of H-pyrrole nitrogens is 1. The number of aromatic amines is 1. The van der Waals surface area contributed by atoms with Crippen molar-refractivity contribution in [1.29, 1.82) is 0 Å². The third-order valence-electron chi connectivity index (χ3n) is 6.75. The van der Waals surface area contributed by atoms with Crippen molar-refractivity contribution < 1.29 is 24.3 Å². The van der Waals surface area contributed by atoms with Crippen molar-refractivity contribution in [3.63, 3.8) is 0 Å². The molecule has 37 heavy (non-hydrogen) atoms. The molecule has 1 saturated heterocycles. The zero-order valence-corrected chi connectivity index (χ0v) is 22.3. The summed E-state index contributed by atoms with van der Waals surface area (Å²) in [7, 11) is 0. The Bertz CT molecular complexity index is 1120. The van der Waals surface area contributed by atoms with Crippen molar-refractivity contribution in [2.75, 3.05) is 18.6 Å². The second-order valence-electron chi connectivity index (χ2n) is 9.77. The first-order valence-electron chi connectivity index (χ1n) is 12.6. The van der Waals surface area contributed by atoms with Crippen LogP contribution in [0.15, 0.2) is 30.5 Å². The van der Waals surface area contributed by atoms with Gasteiger partial charge in [0.1, 0.15) is 18.1 Å². The first-order chi connectivity index (χ1) is 17.6. The van der Waals surface area contributed by atoms with E-state index in [-0.39, 0.29) is 18.2 Å². The van der Waals surface area contributed by atoms with E-state index in [9.17, 15) is 24.3 Å². The van der Waals surface area contributed by atoms with Gasteiger partial charge >= 0.3 is 5.97 Å². The van der Waals surface area contributed by atoms with Crippen LogP contribution in [0, 0.1) is 5.92 Å². The molecule has 0 bridgehead atoms. The highest BCUT2D eigenvalue weighted by atomic mass is 32.2. The molecular formula is C26H37N5O5S. The number of amides is 3. The van der Waals surface area contributed by atoms with E-state index in [0.717, 1.165) is 22.2 Å². The topological polar surface area (TPSA) is 158 Å². The third-order valence-corrected chi connectivity index (χ3v) is 7.39. The molecule has 1 aliphatic rings. The molecule has 1 fully saturated rings. The van der Waals surface area contributed by atoms with Gasteiger partial charge in [0.25, 0.3) is 0 Å². The number of thioether (sulfide) groups is 1. The van der Waals surface area contributed by atoms with E-state index in [2.05, 4.69) is 15.6 Å². The number of nitrogens with two attached hydrogens (primary N) is 1. The van der Waals surface area contributed by atoms with Crippen molar-refractivity contribution >= 4 is 46.4 Å². The maximum Gasteiger partial charge on any atom is 0.326 e. The minimum Gasteiger partial charge on any atom is -0.480 e. The number of hydrogen-bond donors (Lipinski definition) is 5. The maximum absolute atomic E-state index is 13.2. The highest BCUT2D eigenvalue weighted by molar-refractivity contribution is 7.98. The summed E-state index contributed by atoms with van der Waals surface area (Å²) in [4.78, 5) is 55.8. The van der Waals surface area contributed by atoms with Crippen molar-refractivity contribution in [2.24, 2.45) is 11.7 Å². The van der Waals surface area contributed by atoms with Crippen LogP contribution in [-0.4, -0.2) is 81.4 Å². The van der Waals surface area contributed by atoms with E-state index in [4.69, 9.17) is 5.73 Å². The minimum atomic E-state index is -1.18. The number of carboxylic acids is 1. The summed E-state index contributed by atoms with van der Waals surface area (Å²) in [5, 5.41) is 16.1. The fourth-order valence-electron chi connectivity index (χ4n) is 4.65. The Hall–Kier alpha value is -3.05. The number of benzene rings is 1. The van der Waals surface area contributed by atoms with E-state index >= 15 is 0 Å². The van der Waals surface area contributed by atoms with Gasteiger partial charge in [0.2, 0.25) is 17.7 Å². The molecule has 4 unspecified atom stereocenters. The molecule has 3 rings (SSSR count). The molecule has 4 atom stereocenters. The maximum atomic E-state index is 13.2. The van der Waals surface area contributed by atoms with E-state index in [0.29, 0.717) is 25.8 Å². The molecule has 1 aliphatic heterocycles.